The van der Waals surface area contributed by atoms with Crippen LogP contribution in [0.2, 0.25) is 25.1 Å². The van der Waals surface area contributed by atoms with Crippen molar-refractivity contribution < 1.29 is 9.32 Å². The van der Waals surface area contributed by atoms with Crippen molar-refractivity contribution in [1.82, 2.24) is 0 Å². The zero-order chi connectivity index (χ0) is 12.5. The van der Waals surface area contributed by atoms with Crippen molar-refractivity contribution in [3.8, 4) is 0 Å². The summed E-state index contributed by atoms with van der Waals surface area (Å²) in [5, 5.41) is 8.70. The smallest absolute Gasteiger partial charge is 0.0809 e. The first-order chi connectivity index (χ1) is 7.41. The van der Waals surface area contributed by atoms with E-state index in [1.54, 1.807) is 0 Å². The molecule has 0 radical (unpaired) electrons. The van der Waals surface area contributed by atoms with Crippen molar-refractivity contribution in [2.75, 3.05) is 12.4 Å². The van der Waals surface area contributed by atoms with Gasteiger partial charge in [0.2, 0.25) is 0 Å². The molecule has 0 spiro atoms. The number of hydrogen-bond donors (Lipinski definition) is 1. The summed E-state index contributed by atoms with van der Waals surface area (Å²) in [4.78, 5) is 0.0942. The standard InChI is InChI=1S/C8H5Cl5O2S/c9-3-4(10)6(12)8(7(13)5(3)11)16(15)2-1-14/h14H,1-2H2. The molecule has 0 aliphatic carbocycles. The van der Waals surface area contributed by atoms with E-state index in [1.165, 1.54) is 0 Å². The third-order valence-electron chi connectivity index (χ3n) is 1.67. The third-order valence-corrected chi connectivity index (χ3v) is 5.59. The molecule has 0 aliphatic rings. The van der Waals surface area contributed by atoms with E-state index in [1.807, 2.05) is 0 Å². The molecule has 0 heterocycles. The van der Waals surface area contributed by atoms with Crippen LogP contribution < -0.4 is 0 Å². The molecule has 0 aliphatic heterocycles. The van der Waals surface area contributed by atoms with Gasteiger partial charge in [-0.05, 0) is 0 Å². The van der Waals surface area contributed by atoms with Crippen molar-refractivity contribution in [1.29, 1.82) is 0 Å². The van der Waals surface area contributed by atoms with Gasteiger partial charge in [0, 0.05) is 0 Å². The Hall–Kier alpha value is 0.780. The van der Waals surface area contributed by atoms with Gasteiger partial charge in [0.05, 0.1) is 53.2 Å². The zero-order valence-corrected chi connectivity index (χ0v) is 12.2. The first-order valence-corrected chi connectivity index (χ1v) is 7.13. The van der Waals surface area contributed by atoms with Crippen LogP contribution in [0.1, 0.15) is 0 Å². The Labute approximate surface area is 120 Å². The highest BCUT2D eigenvalue weighted by atomic mass is 35.5. The molecule has 1 rings (SSSR count). The fraction of sp³-hybridized carbons (Fsp3) is 0.250. The van der Waals surface area contributed by atoms with Crippen LogP contribution in [0, 0.1) is 0 Å². The topological polar surface area (TPSA) is 37.3 Å². The first kappa shape index (κ1) is 14.8. The molecule has 2 nitrogen and oxygen atoms in total. The van der Waals surface area contributed by atoms with Gasteiger partial charge in [-0.1, -0.05) is 58.0 Å². The van der Waals surface area contributed by atoms with E-state index in [0.717, 1.165) is 0 Å². The van der Waals surface area contributed by atoms with Crippen molar-refractivity contribution in [2.24, 2.45) is 0 Å². The predicted octanol–water partition coefficient (Wildman–Crippen LogP) is 4.05. The maximum absolute atomic E-state index is 11.7. The van der Waals surface area contributed by atoms with Crippen LogP contribution in [0.25, 0.3) is 0 Å². The van der Waals surface area contributed by atoms with Gasteiger partial charge in [0.15, 0.2) is 0 Å². The highest BCUT2D eigenvalue weighted by molar-refractivity contribution is 7.85. The summed E-state index contributed by atoms with van der Waals surface area (Å²) >= 11 is 29.1. The fourth-order valence-corrected chi connectivity index (χ4v) is 3.71. The zero-order valence-electron chi connectivity index (χ0n) is 7.57. The molecule has 16 heavy (non-hydrogen) atoms. The van der Waals surface area contributed by atoms with Crippen molar-refractivity contribution in [3.05, 3.63) is 25.1 Å². The molecule has 0 saturated heterocycles. The molecule has 0 saturated carbocycles. The molecule has 0 aromatic heterocycles. The van der Waals surface area contributed by atoms with Crippen molar-refractivity contribution >= 4 is 68.8 Å². The van der Waals surface area contributed by atoms with E-state index in [4.69, 9.17) is 63.1 Å². The SMILES string of the molecule is O=S(CCO)c1c(Cl)c(Cl)c(Cl)c(Cl)c1Cl. The van der Waals surface area contributed by atoms with E-state index >= 15 is 0 Å². The van der Waals surface area contributed by atoms with E-state index < -0.39 is 10.8 Å². The quantitative estimate of drug-likeness (QED) is 0.664. The maximum atomic E-state index is 11.7. The first-order valence-electron chi connectivity index (χ1n) is 3.92. The highest BCUT2D eigenvalue weighted by Crippen LogP contribution is 2.45. The van der Waals surface area contributed by atoms with Crippen LogP contribution in [0.15, 0.2) is 4.90 Å². The average molecular weight is 342 g/mol. The minimum absolute atomic E-state index is 0.000905. The van der Waals surface area contributed by atoms with Gasteiger partial charge in [0.25, 0.3) is 0 Å². The molecule has 1 atom stereocenters. The molecule has 1 N–H and O–H groups in total. The fourth-order valence-electron chi connectivity index (χ4n) is 0.970. The summed E-state index contributed by atoms with van der Waals surface area (Å²) in [6, 6.07) is 0. The summed E-state index contributed by atoms with van der Waals surface area (Å²) in [5.74, 6) is -0.00622. The number of halogens is 5. The van der Waals surface area contributed by atoms with Crippen LogP contribution >= 0.6 is 58.0 Å². The summed E-state index contributed by atoms with van der Waals surface area (Å²) in [5.41, 5.74) is 0. The second kappa shape index (κ2) is 6.10. The van der Waals surface area contributed by atoms with Gasteiger partial charge in [0.1, 0.15) is 0 Å². The van der Waals surface area contributed by atoms with Crippen molar-refractivity contribution in [3.63, 3.8) is 0 Å². The molecule has 90 valence electrons. The minimum Gasteiger partial charge on any atom is -0.395 e. The molecular weight excluding hydrogens is 337 g/mol. The lowest BCUT2D eigenvalue weighted by atomic mass is 10.3. The summed E-state index contributed by atoms with van der Waals surface area (Å²) in [6.07, 6.45) is 0. The number of benzene rings is 1. The second-order valence-electron chi connectivity index (χ2n) is 2.67. The number of rotatable bonds is 3. The van der Waals surface area contributed by atoms with Gasteiger partial charge in [-0.15, -0.1) is 0 Å². The molecule has 8 heteroatoms. The minimum atomic E-state index is -1.58. The van der Waals surface area contributed by atoms with Crippen molar-refractivity contribution in [2.45, 2.75) is 4.90 Å². The van der Waals surface area contributed by atoms with Crippen LogP contribution in [-0.2, 0) is 10.8 Å². The summed E-state index contributed by atoms with van der Waals surface area (Å²) < 4.78 is 11.7. The Morgan fingerprint density at radius 3 is 1.62 bits per heavy atom. The van der Waals surface area contributed by atoms with E-state index in [0.29, 0.717) is 0 Å². The Morgan fingerprint density at radius 2 is 1.25 bits per heavy atom. The van der Waals surface area contributed by atoms with Crippen LogP contribution in [0.3, 0.4) is 0 Å². The lowest BCUT2D eigenvalue weighted by Gasteiger charge is -2.11. The summed E-state index contributed by atoms with van der Waals surface area (Å²) in [6.45, 7) is -0.267. The number of aliphatic hydroxyl groups excluding tert-OH is 1. The van der Waals surface area contributed by atoms with Gasteiger partial charge >= 0.3 is 0 Å². The third kappa shape index (κ3) is 2.78. The lowest BCUT2D eigenvalue weighted by molar-refractivity contribution is 0.321. The number of aliphatic hydroxyl groups is 1. The second-order valence-corrected chi connectivity index (χ2v) is 6.07. The average Bonchev–Trinajstić information content (AvgIpc) is 2.24. The van der Waals surface area contributed by atoms with Crippen LogP contribution in [0.4, 0.5) is 0 Å². The largest absolute Gasteiger partial charge is 0.395 e. The van der Waals surface area contributed by atoms with Crippen LogP contribution in [0.5, 0.6) is 0 Å². The van der Waals surface area contributed by atoms with E-state index in [2.05, 4.69) is 0 Å². The number of hydrogen-bond acceptors (Lipinski definition) is 2. The molecule has 0 bridgehead atoms. The molecule has 0 amide bonds. The Kier molecular flexibility index (Phi) is 5.65. The van der Waals surface area contributed by atoms with Crippen LogP contribution in [-0.4, -0.2) is 21.7 Å². The molecular formula is C8H5Cl5O2S. The van der Waals surface area contributed by atoms with E-state index in [-0.39, 0.29) is 42.4 Å². The normalized spacial score (nSPS) is 12.9. The molecule has 1 aromatic carbocycles. The predicted molar refractivity (Wildman–Crippen MR) is 69.9 cm³/mol. The molecule has 1 aromatic rings. The van der Waals surface area contributed by atoms with Gasteiger partial charge in [-0.25, -0.2) is 0 Å². The Balaban J connectivity index is 3.45. The van der Waals surface area contributed by atoms with Gasteiger partial charge in [-0.2, -0.15) is 0 Å². The maximum Gasteiger partial charge on any atom is 0.0809 e. The van der Waals surface area contributed by atoms with E-state index in [9.17, 15) is 4.21 Å². The highest BCUT2D eigenvalue weighted by Gasteiger charge is 2.22. The molecule has 1 unspecified atom stereocenters. The van der Waals surface area contributed by atoms with Gasteiger partial charge < -0.3 is 5.11 Å². The monoisotopic (exact) mass is 340 g/mol. The molecule has 0 fully saturated rings. The Bertz CT molecular complexity index is 420. The lowest BCUT2D eigenvalue weighted by Crippen LogP contribution is -2.04. The summed E-state index contributed by atoms with van der Waals surface area (Å²) in [7, 11) is -1.58. The van der Waals surface area contributed by atoms with Gasteiger partial charge in [-0.3, -0.25) is 4.21 Å². The Morgan fingerprint density at radius 1 is 0.875 bits per heavy atom.